The van der Waals surface area contributed by atoms with Crippen molar-refractivity contribution in [1.82, 2.24) is 4.90 Å². The Morgan fingerprint density at radius 1 is 1.30 bits per heavy atom. The van der Waals surface area contributed by atoms with Gasteiger partial charge in [0.2, 0.25) is 5.84 Å². The van der Waals surface area contributed by atoms with Crippen LogP contribution in [0.2, 0.25) is 0 Å². The van der Waals surface area contributed by atoms with Crippen LogP contribution in [0.25, 0.3) is 0 Å². The molecule has 126 valence electrons. The maximum atomic E-state index is 12.3. The van der Waals surface area contributed by atoms with Crippen LogP contribution in [0.15, 0.2) is 33.8 Å². The summed E-state index contributed by atoms with van der Waals surface area (Å²) in [5.74, 6) is 1.05. The van der Waals surface area contributed by atoms with E-state index < -0.39 is 0 Å². The van der Waals surface area contributed by atoms with Gasteiger partial charge in [-0.15, -0.1) is 5.10 Å². The van der Waals surface area contributed by atoms with Crippen molar-refractivity contribution in [3.63, 3.8) is 0 Å². The third kappa shape index (κ3) is 5.23. The molecule has 5 nitrogen and oxygen atoms in total. The van der Waals surface area contributed by atoms with Gasteiger partial charge in [0.1, 0.15) is 0 Å². The Bertz CT molecular complexity index is 549. The molecule has 1 aromatic rings. The van der Waals surface area contributed by atoms with Gasteiger partial charge in [-0.1, -0.05) is 29.8 Å². The number of esters is 1. The Labute approximate surface area is 146 Å². The minimum atomic E-state index is -0.376. The van der Waals surface area contributed by atoms with Gasteiger partial charge in [-0.25, -0.2) is 4.79 Å². The van der Waals surface area contributed by atoms with Crippen LogP contribution >= 0.6 is 15.9 Å². The number of anilines is 1. The van der Waals surface area contributed by atoms with Gasteiger partial charge < -0.3 is 9.64 Å². The lowest BCUT2D eigenvalue weighted by atomic mass is 9.92. The van der Waals surface area contributed by atoms with E-state index in [2.05, 4.69) is 40.3 Å². The maximum absolute atomic E-state index is 12.3. The van der Waals surface area contributed by atoms with Gasteiger partial charge in [-0.05, 0) is 49.4 Å². The highest BCUT2D eigenvalue weighted by Crippen LogP contribution is 2.22. The summed E-state index contributed by atoms with van der Waals surface area (Å²) in [7, 11) is 0. The fraction of sp³-hybridized carbons (Fsp3) is 0.529. The first kappa shape index (κ1) is 17.8. The molecule has 0 spiro atoms. The first-order chi connectivity index (χ1) is 11.0. The van der Waals surface area contributed by atoms with E-state index in [9.17, 15) is 4.79 Å². The molecule has 1 aromatic carbocycles. The van der Waals surface area contributed by atoms with Gasteiger partial charge in [0.05, 0.1) is 12.3 Å². The highest BCUT2D eigenvalue weighted by Gasteiger charge is 2.28. The van der Waals surface area contributed by atoms with Crippen LogP contribution in [-0.4, -0.2) is 36.4 Å². The Kier molecular flexibility index (Phi) is 6.45. The maximum Gasteiger partial charge on any atom is 0.375 e. The molecule has 1 N–H and O–H groups in total. The number of amidine groups is 1. The van der Waals surface area contributed by atoms with Crippen LogP contribution in [-0.2, 0) is 9.53 Å². The van der Waals surface area contributed by atoms with Crippen molar-refractivity contribution >= 4 is 33.4 Å². The van der Waals surface area contributed by atoms with Crippen molar-refractivity contribution in [3.05, 3.63) is 28.7 Å². The number of hydrogen-bond acceptors (Lipinski definition) is 4. The predicted octanol–water partition coefficient (Wildman–Crippen LogP) is 3.72. The molecule has 2 rings (SSSR count). The highest BCUT2D eigenvalue weighted by atomic mass is 79.9. The molecular formula is C17H24BrN3O2. The molecule has 1 fully saturated rings. The largest absolute Gasteiger partial charge is 0.460 e. The lowest BCUT2D eigenvalue weighted by Crippen LogP contribution is -2.46. The fourth-order valence-corrected chi connectivity index (χ4v) is 3.18. The number of ether oxygens (including phenoxy) is 1. The summed E-state index contributed by atoms with van der Waals surface area (Å²) in [6.45, 7) is 8.20. The molecule has 1 heterocycles. The van der Waals surface area contributed by atoms with E-state index in [1.54, 1.807) is 6.92 Å². The molecule has 2 unspecified atom stereocenters. The minimum absolute atomic E-state index is 0.342. The second-order valence-electron chi connectivity index (χ2n) is 6.13. The first-order valence-corrected chi connectivity index (χ1v) is 8.80. The average molecular weight is 382 g/mol. The second kappa shape index (κ2) is 8.34. The van der Waals surface area contributed by atoms with Crippen molar-refractivity contribution in [2.75, 3.05) is 25.1 Å². The molecule has 0 radical (unpaired) electrons. The number of carbonyl (C=O) groups excluding carboxylic acids is 1. The number of rotatable bonds is 3. The van der Waals surface area contributed by atoms with Gasteiger partial charge in [0, 0.05) is 17.6 Å². The monoisotopic (exact) mass is 381 g/mol. The second-order valence-corrected chi connectivity index (χ2v) is 7.04. The van der Waals surface area contributed by atoms with Gasteiger partial charge in [-0.2, -0.15) is 0 Å². The summed E-state index contributed by atoms with van der Waals surface area (Å²) in [4.78, 5) is 14.3. The SMILES string of the molecule is CCOC(=O)C(=NNc1ccc(Br)cc1)N1CC(C)CC(C)C1. The normalized spacial score (nSPS) is 21.9. The highest BCUT2D eigenvalue weighted by molar-refractivity contribution is 9.10. The van der Waals surface area contributed by atoms with Crippen molar-refractivity contribution < 1.29 is 9.53 Å². The minimum Gasteiger partial charge on any atom is -0.460 e. The molecule has 0 aliphatic carbocycles. The summed E-state index contributed by atoms with van der Waals surface area (Å²) in [5.41, 5.74) is 3.79. The molecule has 1 aliphatic rings. The Morgan fingerprint density at radius 2 is 1.91 bits per heavy atom. The summed E-state index contributed by atoms with van der Waals surface area (Å²) in [6, 6.07) is 7.65. The number of nitrogens with one attached hydrogen (secondary N) is 1. The molecule has 1 aliphatic heterocycles. The van der Waals surface area contributed by atoms with E-state index in [1.807, 2.05) is 29.2 Å². The van der Waals surface area contributed by atoms with Crippen LogP contribution in [0.1, 0.15) is 27.2 Å². The van der Waals surface area contributed by atoms with E-state index in [-0.39, 0.29) is 5.97 Å². The number of hydrogen-bond donors (Lipinski definition) is 1. The van der Waals surface area contributed by atoms with E-state index in [0.717, 1.165) is 23.2 Å². The molecule has 0 saturated carbocycles. The van der Waals surface area contributed by atoms with Crippen molar-refractivity contribution in [2.24, 2.45) is 16.9 Å². The average Bonchev–Trinajstić information content (AvgIpc) is 2.48. The van der Waals surface area contributed by atoms with Gasteiger partial charge in [0.15, 0.2) is 0 Å². The van der Waals surface area contributed by atoms with Crippen LogP contribution in [0.4, 0.5) is 5.69 Å². The van der Waals surface area contributed by atoms with E-state index in [1.165, 1.54) is 6.42 Å². The third-order valence-electron chi connectivity index (χ3n) is 3.76. The molecular weight excluding hydrogens is 358 g/mol. The summed E-state index contributed by atoms with van der Waals surface area (Å²) < 4.78 is 6.17. The predicted molar refractivity (Wildman–Crippen MR) is 96.4 cm³/mol. The molecule has 0 bridgehead atoms. The molecule has 6 heteroatoms. The van der Waals surface area contributed by atoms with Crippen LogP contribution in [0, 0.1) is 11.8 Å². The van der Waals surface area contributed by atoms with Gasteiger partial charge in [0.25, 0.3) is 0 Å². The number of benzene rings is 1. The van der Waals surface area contributed by atoms with Crippen molar-refractivity contribution in [1.29, 1.82) is 0 Å². The standard InChI is InChI=1S/C17H24BrN3O2/c1-4-23-17(22)16(21-10-12(2)9-13(3)11-21)20-19-15-7-5-14(18)6-8-15/h5-8,12-13,19H,4,9-11H2,1-3H3. The molecule has 23 heavy (non-hydrogen) atoms. The number of likely N-dealkylation sites (tertiary alicyclic amines) is 1. The van der Waals surface area contributed by atoms with Gasteiger partial charge >= 0.3 is 5.97 Å². The number of nitrogens with zero attached hydrogens (tertiary/aromatic N) is 2. The van der Waals surface area contributed by atoms with Crippen LogP contribution in [0.5, 0.6) is 0 Å². The van der Waals surface area contributed by atoms with E-state index in [4.69, 9.17) is 4.74 Å². The lowest BCUT2D eigenvalue weighted by Gasteiger charge is -2.36. The lowest BCUT2D eigenvalue weighted by molar-refractivity contribution is -0.136. The molecule has 2 atom stereocenters. The number of hydrazone groups is 1. The molecule has 0 amide bonds. The Morgan fingerprint density at radius 3 is 2.48 bits per heavy atom. The molecule has 1 saturated heterocycles. The summed E-state index contributed by atoms with van der Waals surface area (Å²) in [6.07, 6.45) is 1.17. The van der Waals surface area contributed by atoms with E-state index in [0.29, 0.717) is 24.3 Å². The zero-order chi connectivity index (χ0) is 16.8. The van der Waals surface area contributed by atoms with Crippen LogP contribution < -0.4 is 5.43 Å². The topological polar surface area (TPSA) is 53.9 Å². The Balaban J connectivity index is 2.17. The van der Waals surface area contributed by atoms with Gasteiger partial charge in [-0.3, -0.25) is 5.43 Å². The van der Waals surface area contributed by atoms with Crippen LogP contribution in [0.3, 0.4) is 0 Å². The Hall–Kier alpha value is -1.56. The summed E-state index contributed by atoms with van der Waals surface area (Å²) >= 11 is 3.40. The van der Waals surface area contributed by atoms with Crippen molar-refractivity contribution in [2.45, 2.75) is 27.2 Å². The summed E-state index contributed by atoms with van der Waals surface area (Å²) in [5, 5.41) is 4.34. The molecule has 0 aromatic heterocycles. The number of piperidine rings is 1. The van der Waals surface area contributed by atoms with E-state index >= 15 is 0 Å². The zero-order valence-corrected chi connectivity index (χ0v) is 15.5. The first-order valence-electron chi connectivity index (χ1n) is 8.01. The number of halogens is 1. The smallest absolute Gasteiger partial charge is 0.375 e. The van der Waals surface area contributed by atoms with Crippen molar-refractivity contribution in [3.8, 4) is 0 Å². The third-order valence-corrected chi connectivity index (χ3v) is 4.29. The quantitative estimate of drug-likeness (QED) is 0.375. The number of carbonyl (C=O) groups is 1. The fourth-order valence-electron chi connectivity index (χ4n) is 2.92. The zero-order valence-electron chi connectivity index (χ0n) is 13.9.